The van der Waals surface area contributed by atoms with Crippen LogP contribution < -0.4 is 10.1 Å². The summed E-state index contributed by atoms with van der Waals surface area (Å²) in [6, 6.07) is 6.48. The lowest BCUT2D eigenvalue weighted by Gasteiger charge is -2.38. The number of piperidine rings is 1. The molecule has 0 spiro atoms. The number of amides is 1. The van der Waals surface area contributed by atoms with Gasteiger partial charge in [-0.05, 0) is 56.8 Å². The second-order valence-corrected chi connectivity index (χ2v) is 8.12. The van der Waals surface area contributed by atoms with E-state index >= 15 is 0 Å². The molecule has 2 saturated heterocycles. The molecule has 2 bridgehead atoms. The lowest BCUT2D eigenvalue weighted by Crippen LogP contribution is -2.46. The van der Waals surface area contributed by atoms with Gasteiger partial charge in [0.1, 0.15) is 5.75 Å². The fourth-order valence-corrected chi connectivity index (χ4v) is 4.76. The van der Waals surface area contributed by atoms with Gasteiger partial charge in [0.2, 0.25) is 5.91 Å². The molecule has 5 heteroatoms. The summed E-state index contributed by atoms with van der Waals surface area (Å²) in [5.41, 5.74) is 0.666. The van der Waals surface area contributed by atoms with Crippen molar-refractivity contribution in [3.05, 3.63) is 23.2 Å². The third kappa shape index (κ3) is 4.52. The van der Waals surface area contributed by atoms with Gasteiger partial charge in [-0.2, -0.15) is 0 Å². The fraction of sp³-hybridized carbons (Fsp3) is 0.667. The van der Waals surface area contributed by atoms with Crippen LogP contribution in [0.2, 0.25) is 5.02 Å². The SMILES string of the molecule is CCCCCCN1C2CCC1CC(C(=O)Nc1cc(Cl)ccc1OC)C2. The first-order valence-electron chi connectivity index (χ1n) is 10.0. The second kappa shape index (κ2) is 9.09. The quantitative estimate of drug-likeness (QED) is 0.639. The highest BCUT2D eigenvalue weighted by atomic mass is 35.5. The first-order chi connectivity index (χ1) is 12.6. The normalized spacial score (nSPS) is 25.3. The van der Waals surface area contributed by atoms with Crippen LogP contribution in [0, 0.1) is 5.92 Å². The summed E-state index contributed by atoms with van der Waals surface area (Å²) in [7, 11) is 1.61. The van der Waals surface area contributed by atoms with E-state index in [-0.39, 0.29) is 11.8 Å². The van der Waals surface area contributed by atoms with Crippen molar-refractivity contribution in [2.75, 3.05) is 19.0 Å². The maximum absolute atomic E-state index is 12.8. The molecular formula is C21H31ClN2O2. The van der Waals surface area contributed by atoms with Crippen LogP contribution in [0.3, 0.4) is 0 Å². The van der Waals surface area contributed by atoms with Crippen LogP contribution in [0.5, 0.6) is 5.75 Å². The Bertz CT molecular complexity index is 608. The Labute approximate surface area is 162 Å². The zero-order chi connectivity index (χ0) is 18.5. The minimum Gasteiger partial charge on any atom is -0.495 e. The number of hydrogen-bond donors (Lipinski definition) is 1. The van der Waals surface area contributed by atoms with Crippen molar-refractivity contribution in [2.45, 2.75) is 70.4 Å². The average molecular weight is 379 g/mol. The molecule has 1 aromatic carbocycles. The van der Waals surface area contributed by atoms with E-state index in [1.54, 1.807) is 25.3 Å². The first kappa shape index (κ1) is 19.5. The van der Waals surface area contributed by atoms with Gasteiger partial charge in [0.05, 0.1) is 12.8 Å². The van der Waals surface area contributed by atoms with Gasteiger partial charge in [-0.1, -0.05) is 37.8 Å². The maximum atomic E-state index is 12.8. The van der Waals surface area contributed by atoms with E-state index in [0.29, 0.717) is 28.5 Å². The third-order valence-corrected chi connectivity index (χ3v) is 6.18. The summed E-state index contributed by atoms with van der Waals surface area (Å²) >= 11 is 6.08. The van der Waals surface area contributed by atoms with Crippen LogP contribution in [0.25, 0.3) is 0 Å². The molecule has 1 amide bonds. The Balaban J connectivity index is 1.57. The highest BCUT2D eigenvalue weighted by Gasteiger charge is 2.42. The third-order valence-electron chi connectivity index (χ3n) is 5.94. The number of nitrogens with one attached hydrogen (secondary N) is 1. The summed E-state index contributed by atoms with van der Waals surface area (Å²) in [5.74, 6) is 0.843. The van der Waals surface area contributed by atoms with Gasteiger partial charge in [-0.3, -0.25) is 9.69 Å². The molecule has 2 unspecified atom stereocenters. The van der Waals surface area contributed by atoms with Crippen molar-refractivity contribution in [2.24, 2.45) is 5.92 Å². The standard InChI is InChI=1S/C21H31ClN2O2/c1-3-4-5-6-11-24-17-8-9-18(24)13-15(12-17)21(25)23-19-14-16(22)7-10-20(19)26-2/h7,10,14-15,17-18H,3-6,8-9,11-13H2,1-2H3,(H,23,25). The molecule has 2 atom stereocenters. The number of carbonyl (C=O) groups is 1. The summed E-state index contributed by atoms with van der Waals surface area (Å²) in [4.78, 5) is 15.5. The van der Waals surface area contributed by atoms with Crippen LogP contribution in [0.4, 0.5) is 5.69 Å². The fourth-order valence-electron chi connectivity index (χ4n) is 4.59. The molecule has 2 heterocycles. The highest BCUT2D eigenvalue weighted by molar-refractivity contribution is 6.31. The average Bonchev–Trinajstić information content (AvgIpc) is 2.86. The Hall–Kier alpha value is -1.26. The number of unbranched alkanes of at least 4 members (excludes halogenated alkanes) is 3. The van der Waals surface area contributed by atoms with E-state index < -0.39 is 0 Å². The number of hydrogen-bond acceptors (Lipinski definition) is 3. The summed E-state index contributed by atoms with van der Waals surface area (Å²) in [5, 5.41) is 3.65. The number of fused-ring (bicyclic) bond motifs is 2. The molecule has 0 aromatic heterocycles. The number of carbonyl (C=O) groups excluding carboxylic acids is 1. The van der Waals surface area contributed by atoms with E-state index in [0.717, 1.165) is 12.8 Å². The van der Waals surface area contributed by atoms with E-state index in [4.69, 9.17) is 16.3 Å². The second-order valence-electron chi connectivity index (χ2n) is 7.69. The molecule has 2 aliphatic heterocycles. The van der Waals surface area contributed by atoms with Crippen molar-refractivity contribution in [1.82, 2.24) is 4.90 Å². The minimum absolute atomic E-state index is 0.0862. The van der Waals surface area contributed by atoms with Crippen LogP contribution in [0.1, 0.15) is 58.3 Å². The zero-order valence-electron chi connectivity index (χ0n) is 16.0. The number of methoxy groups -OCH3 is 1. The van der Waals surface area contributed by atoms with Gasteiger partial charge in [0.15, 0.2) is 0 Å². The Morgan fingerprint density at radius 1 is 1.23 bits per heavy atom. The van der Waals surface area contributed by atoms with Crippen molar-refractivity contribution >= 4 is 23.2 Å². The number of nitrogens with zero attached hydrogens (tertiary/aromatic N) is 1. The predicted octanol–water partition coefficient (Wildman–Crippen LogP) is 5.11. The molecule has 144 valence electrons. The van der Waals surface area contributed by atoms with Crippen molar-refractivity contribution < 1.29 is 9.53 Å². The van der Waals surface area contributed by atoms with Crippen molar-refractivity contribution in [3.63, 3.8) is 0 Å². The van der Waals surface area contributed by atoms with E-state index in [1.165, 1.54) is 45.1 Å². The minimum atomic E-state index is 0.0862. The van der Waals surface area contributed by atoms with Crippen LogP contribution in [-0.2, 0) is 4.79 Å². The van der Waals surface area contributed by atoms with E-state index in [9.17, 15) is 4.79 Å². The Morgan fingerprint density at radius 3 is 2.62 bits per heavy atom. The summed E-state index contributed by atoms with van der Waals surface area (Å²) in [6.07, 6.45) is 9.64. The molecule has 4 nitrogen and oxygen atoms in total. The molecule has 26 heavy (non-hydrogen) atoms. The molecule has 3 rings (SSSR count). The number of benzene rings is 1. The van der Waals surface area contributed by atoms with Crippen LogP contribution in [0.15, 0.2) is 18.2 Å². The topological polar surface area (TPSA) is 41.6 Å². The lowest BCUT2D eigenvalue weighted by atomic mass is 9.89. The Kier molecular flexibility index (Phi) is 6.82. The zero-order valence-corrected chi connectivity index (χ0v) is 16.7. The lowest BCUT2D eigenvalue weighted by molar-refractivity contribution is -0.122. The van der Waals surface area contributed by atoms with Crippen molar-refractivity contribution in [1.29, 1.82) is 0 Å². The molecule has 1 N–H and O–H groups in total. The highest BCUT2D eigenvalue weighted by Crippen LogP contribution is 2.39. The van der Waals surface area contributed by atoms with Crippen LogP contribution >= 0.6 is 11.6 Å². The van der Waals surface area contributed by atoms with Crippen LogP contribution in [-0.4, -0.2) is 36.5 Å². The predicted molar refractivity (Wildman–Crippen MR) is 107 cm³/mol. The first-order valence-corrected chi connectivity index (χ1v) is 10.4. The molecule has 1 aromatic rings. The van der Waals surface area contributed by atoms with Gasteiger partial charge in [-0.25, -0.2) is 0 Å². The largest absolute Gasteiger partial charge is 0.495 e. The monoisotopic (exact) mass is 378 g/mol. The van der Waals surface area contributed by atoms with Crippen molar-refractivity contribution in [3.8, 4) is 5.75 Å². The molecular weight excluding hydrogens is 348 g/mol. The number of ether oxygens (including phenoxy) is 1. The number of halogens is 1. The van der Waals surface area contributed by atoms with Gasteiger partial charge in [-0.15, -0.1) is 0 Å². The van der Waals surface area contributed by atoms with Gasteiger partial charge in [0, 0.05) is 23.0 Å². The van der Waals surface area contributed by atoms with E-state index in [1.807, 2.05) is 0 Å². The van der Waals surface area contributed by atoms with Gasteiger partial charge in [0.25, 0.3) is 0 Å². The molecule has 2 aliphatic rings. The number of anilines is 1. The number of rotatable bonds is 8. The summed E-state index contributed by atoms with van der Waals surface area (Å²) < 4.78 is 5.34. The van der Waals surface area contributed by atoms with Gasteiger partial charge < -0.3 is 10.1 Å². The maximum Gasteiger partial charge on any atom is 0.227 e. The summed E-state index contributed by atoms with van der Waals surface area (Å²) in [6.45, 7) is 3.45. The smallest absolute Gasteiger partial charge is 0.227 e. The molecule has 0 saturated carbocycles. The Morgan fingerprint density at radius 2 is 1.96 bits per heavy atom. The van der Waals surface area contributed by atoms with E-state index in [2.05, 4.69) is 17.1 Å². The molecule has 0 radical (unpaired) electrons. The molecule has 0 aliphatic carbocycles. The van der Waals surface area contributed by atoms with Gasteiger partial charge >= 0.3 is 0 Å². The molecule has 2 fully saturated rings.